The van der Waals surface area contributed by atoms with Crippen LogP contribution in [0.1, 0.15) is 169 Å². The van der Waals surface area contributed by atoms with Gasteiger partial charge in [0, 0.05) is 50.5 Å². The van der Waals surface area contributed by atoms with E-state index in [4.69, 9.17) is 0 Å². The third kappa shape index (κ3) is 6.51. The van der Waals surface area contributed by atoms with E-state index in [-0.39, 0.29) is 44.9 Å². The molecule has 4 aliphatic heterocycles. The lowest BCUT2D eigenvalue weighted by atomic mass is 9.33. The molecule has 74 heavy (non-hydrogen) atoms. The fourth-order valence-corrected chi connectivity index (χ4v) is 15.6. The molecule has 0 bridgehead atoms. The summed E-state index contributed by atoms with van der Waals surface area (Å²) in [6, 6.07) is 55.5. The van der Waals surface area contributed by atoms with Crippen molar-refractivity contribution < 1.29 is 0 Å². The van der Waals surface area contributed by atoms with Crippen molar-refractivity contribution in [1.82, 2.24) is 0 Å². The van der Waals surface area contributed by atoms with Crippen molar-refractivity contribution >= 4 is 62.9 Å². The Morgan fingerprint density at radius 1 is 0.405 bits per heavy atom. The molecule has 7 aromatic carbocycles. The van der Waals surface area contributed by atoms with Crippen LogP contribution in [0.2, 0.25) is 0 Å². The van der Waals surface area contributed by atoms with Crippen LogP contribution in [0.15, 0.2) is 140 Å². The largest absolute Gasteiger partial charge is 0.335 e. The van der Waals surface area contributed by atoms with E-state index >= 15 is 0 Å². The molecule has 4 heteroatoms. The van der Waals surface area contributed by atoms with E-state index in [9.17, 15) is 0 Å². The van der Waals surface area contributed by atoms with Crippen LogP contribution in [0.4, 0.5) is 39.8 Å². The molecule has 3 nitrogen and oxygen atoms in total. The molecule has 0 N–H and O–H groups in total. The summed E-state index contributed by atoms with van der Waals surface area (Å²) >= 11 is 0. The van der Waals surface area contributed by atoms with Crippen LogP contribution in [0, 0.1) is 0 Å². The van der Waals surface area contributed by atoms with Crippen LogP contribution in [0.3, 0.4) is 0 Å². The van der Waals surface area contributed by atoms with E-state index in [1.54, 1.807) is 5.56 Å². The summed E-state index contributed by atoms with van der Waals surface area (Å²) < 4.78 is 0. The second-order valence-corrected chi connectivity index (χ2v) is 27.6. The maximum Gasteiger partial charge on any atom is 0.252 e. The molecule has 6 aliphatic rings. The van der Waals surface area contributed by atoms with Crippen molar-refractivity contribution in [2.45, 2.75) is 180 Å². The average molecular weight is 972 g/mol. The summed E-state index contributed by atoms with van der Waals surface area (Å²) in [6.07, 6.45) is 9.67. The van der Waals surface area contributed by atoms with Crippen LogP contribution in [0.5, 0.6) is 0 Å². The van der Waals surface area contributed by atoms with Gasteiger partial charge in [-0.3, -0.25) is 0 Å². The minimum Gasteiger partial charge on any atom is -0.335 e. The highest BCUT2D eigenvalue weighted by atomic mass is 15.3. The zero-order valence-electron chi connectivity index (χ0n) is 46.9. The highest BCUT2D eigenvalue weighted by Gasteiger charge is 2.63. The Kier molecular flexibility index (Phi) is 10.2. The molecule has 0 radical (unpaired) electrons. The fraction of sp³-hybridized carbons (Fsp3) is 0.400. The number of hydrogen-bond donors (Lipinski definition) is 0. The van der Waals surface area contributed by atoms with Gasteiger partial charge in [0.2, 0.25) is 0 Å². The number of fused-ring (bicyclic) bond motifs is 10. The second-order valence-electron chi connectivity index (χ2n) is 27.6. The monoisotopic (exact) mass is 972 g/mol. The Bertz CT molecular complexity index is 3440. The van der Waals surface area contributed by atoms with E-state index < -0.39 is 0 Å². The molecule has 2 aliphatic carbocycles. The molecule has 0 amide bonds. The zero-order valence-corrected chi connectivity index (χ0v) is 46.9. The summed E-state index contributed by atoms with van der Waals surface area (Å²) in [6.45, 7) is 32.1. The van der Waals surface area contributed by atoms with Crippen LogP contribution in [-0.2, 0) is 27.1 Å². The Labute approximate surface area is 444 Å². The molecule has 0 aromatic heterocycles. The number of anilines is 7. The summed E-state index contributed by atoms with van der Waals surface area (Å²) in [5.74, 6) is 0. The lowest BCUT2D eigenvalue weighted by Crippen LogP contribution is -2.65. The van der Waals surface area contributed by atoms with E-state index in [0.29, 0.717) is 0 Å². The van der Waals surface area contributed by atoms with Gasteiger partial charge in [-0.05, 0) is 159 Å². The summed E-state index contributed by atoms with van der Waals surface area (Å²) in [5, 5.41) is 0. The summed E-state index contributed by atoms with van der Waals surface area (Å²) in [5.41, 5.74) is 25.8. The first-order valence-electron chi connectivity index (χ1n) is 28.4. The van der Waals surface area contributed by atoms with Gasteiger partial charge in [-0.25, -0.2) is 0 Å². The Hall–Kier alpha value is -6.00. The lowest BCUT2D eigenvalue weighted by molar-refractivity contribution is 0.194. The number of rotatable bonds is 4. The number of benzene rings is 7. The average Bonchev–Trinajstić information content (AvgIpc) is 3.72. The van der Waals surface area contributed by atoms with Crippen LogP contribution in [-0.4, -0.2) is 17.8 Å². The maximum atomic E-state index is 2.97. The third-order valence-corrected chi connectivity index (χ3v) is 20.4. The first-order valence-corrected chi connectivity index (χ1v) is 28.4. The van der Waals surface area contributed by atoms with Crippen molar-refractivity contribution in [3.63, 3.8) is 0 Å². The zero-order chi connectivity index (χ0) is 51.7. The first-order chi connectivity index (χ1) is 35.1. The molecule has 7 aromatic rings. The fourth-order valence-electron chi connectivity index (χ4n) is 15.6. The smallest absolute Gasteiger partial charge is 0.252 e. The highest BCUT2D eigenvalue weighted by Crippen LogP contribution is 2.65. The van der Waals surface area contributed by atoms with Crippen molar-refractivity contribution in [2.75, 3.05) is 14.7 Å². The molecule has 4 unspecified atom stereocenters. The molecule has 376 valence electrons. The van der Waals surface area contributed by atoms with Gasteiger partial charge in [-0.15, -0.1) is 0 Å². The lowest BCUT2D eigenvalue weighted by Gasteiger charge is -2.54. The van der Waals surface area contributed by atoms with Gasteiger partial charge >= 0.3 is 0 Å². The van der Waals surface area contributed by atoms with Crippen molar-refractivity contribution in [3.8, 4) is 22.3 Å². The minimum absolute atomic E-state index is 0.0187. The molecule has 4 heterocycles. The van der Waals surface area contributed by atoms with Gasteiger partial charge in [0.1, 0.15) is 0 Å². The van der Waals surface area contributed by atoms with E-state index in [2.05, 4.69) is 244 Å². The maximum absolute atomic E-state index is 2.97. The van der Waals surface area contributed by atoms with Gasteiger partial charge in [-0.1, -0.05) is 199 Å². The molecule has 2 saturated carbocycles. The van der Waals surface area contributed by atoms with Crippen LogP contribution < -0.4 is 31.1 Å². The Morgan fingerprint density at radius 2 is 0.932 bits per heavy atom. The molecular formula is C70H78BN3. The van der Waals surface area contributed by atoms with E-state index in [0.717, 1.165) is 12.8 Å². The molecule has 2 fully saturated rings. The van der Waals surface area contributed by atoms with Crippen molar-refractivity contribution in [3.05, 3.63) is 167 Å². The third-order valence-electron chi connectivity index (χ3n) is 20.4. The summed E-state index contributed by atoms with van der Waals surface area (Å²) in [7, 11) is 0. The topological polar surface area (TPSA) is 9.72 Å². The van der Waals surface area contributed by atoms with Crippen molar-refractivity contribution in [2.24, 2.45) is 0 Å². The van der Waals surface area contributed by atoms with E-state index in [1.165, 1.54) is 139 Å². The quantitative estimate of drug-likeness (QED) is 0.163. The SMILES string of the molecule is CC(C)(C)c1ccc2c(c1)B1c3cc(C(C)(C)C)cc4c3N(c3cc(N5c6ccc(-c7ccccc7)cc6C6(C)CCCCC56C)cc(c31)N2c1ccc(C(C)(C)C)cc1-c1ccccc1)C1(C)CCCCC41C. The van der Waals surface area contributed by atoms with Gasteiger partial charge in [0.15, 0.2) is 0 Å². The molecule has 0 saturated heterocycles. The van der Waals surface area contributed by atoms with Gasteiger partial charge in [0.25, 0.3) is 6.71 Å². The summed E-state index contributed by atoms with van der Waals surface area (Å²) in [4.78, 5) is 8.58. The Balaban J connectivity index is 1.17. The normalized spacial score (nSPS) is 24.5. The molecule has 13 rings (SSSR count). The standard InChI is InChI=1S/C70H78BN3/c1-64(2,3)48-29-32-57(52(39-48)46-26-18-15-19-27-46)72-59-33-30-49(65(4,5)6)41-55(59)71-56-42-50(66(7,8)9)40-54-63(56)74(70(13)37-23-21-35-68(54,70)11)61-44-51(43-60(72)62(61)71)73-58-31-28-47(45-24-16-14-17-25-45)38-53(58)67(10)34-20-22-36-69(67,73)12/h14-19,24-33,38-44H,20-23,34-37H2,1-13H3. The highest BCUT2D eigenvalue weighted by molar-refractivity contribution is 7.00. The van der Waals surface area contributed by atoms with Crippen molar-refractivity contribution in [1.29, 1.82) is 0 Å². The number of hydrogen-bond acceptors (Lipinski definition) is 3. The second kappa shape index (κ2) is 15.8. The predicted octanol–water partition coefficient (Wildman–Crippen LogP) is 17.0. The van der Waals surface area contributed by atoms with Gasteiger partial charge < -0.3 is 14.7 Å². The van der Waals surface area contributed by atoms with E-state index in [1.807, 2.05) is 0 Å². The minimum atomic E-state index is -0.139. The number of nitrogens with zero attached hydrogens (tertiary/aromatic N) is 3. The van der Waals surface area contributed by atoms with Crippen LogP contribution >= 0.6 is 0 Å². The molecular weight excluding hydrogens is 894 g/mol. The first kappa shape index (κ1) is 47.7. The Morgan fingerprint density at radius 3 is 1.57 bits per heavy atom. The van der Waals surface area contributed by atoms with Gasteiger partial charge in [-0.2, -0.15) is 0 Å². The van der Waals surface area contributed by atoms with Crippen LogP contribution in [0.25, 0.3) is 22.3 Å². The molecule has 4 atom stereocenters. The molecule has 0 spiro atoms. The predicted molar refractivity (Wildman–Crippen MR) is 318 cm³/mol. The van der Waals surface area contributed by atoms with Gasteiger partial charge in [0.05, 0.1) is 16.8 Å².